The molecular formula is C18H24N2O3S. The molecule has 0 unspecified atom stereocenters. The molecule has 0 radical (unpaired) electrons. The maximum atomic E-state index is 12.2. The number of pyridine rings is 1. The van der Waals surface area contributed by atoms with Gasteiger partial charge in [-0.05, 0) is 30.5 Å². The Kier molecular flexibility index (Phi) is 5.48. The fraction of sp³-hybridized carbons (Fsp3) is 0.500. The van der Waals surface area contributed by atoms with Crippen LogP contribution in [0.4, 0.5) is 0 Å². The third-order valence-electron chi connectivity index (χ3n) is 4.52. The molecule has 0 aliphatic carbocycles. The Morgan fingerprint density at radius 2 is 2.08 bits per heavy atom. The predicted octanol–water partition coefficient (Wildman–Crippen LogP) is 2.51. The van der Waals surface area contributed by atoms with Crippen molar-refractivity contribution in [2.75, 3.05) is 19.0 Å². The van der Waals surface area contributed by atoms with E-state index < -0.39 is 10.0 Å². The van der Waals surface area contributed by atoms with Crippen LogP contribution in [0.3, 0.4) is 0 Å². The zero-order valence-corrected chi connectivity index (χ0v) is 14.8. The summed E-state index contributed by atoms with van der Waals surface area (Å²) in [5.41, 5.74) is 2.16. The van der Waals surface area contributed by atoms with Crippen molar-refractivity contribution in [2.45, 2.75) is 32.2 Å². The molecule has 24 heavy (non-hydrogen) atoms. The van der Waals surface area contributed by atoms with Crippen molar-refractivity contribution in [3.05, 3.63) is 42.1 Å². The highest BCUT2D eigenvalue weighted by Crippen LogP contribution is 2.24. The largest absolute Gasteiger partial charge is 0.379 e. The molecule has 130 valence electrons. The number of para-hydroxylation sites is 1. The van der Waals surface area contributed by atoms with E-state index in [2.05, 4.69) is 15.8 Å². The fourth-order valence-electron chi connectivity index (χ4n) is 3.17. The Bertz CT molecular complexity index is 786. The van der Waals surface area contributed by atoms with Gasteiger partial charge in [0.25, 0.3) is 0 Å². The van der Waals surface area contributed by atoms with Gasteiger partial charge in [-0.2, -0.15) is 0 Å². The summed E-state index contributed by atoms with van der Waals surface area (Å²) >= 11 is 0. The van der Waals surface area contributed by atoms with E-state index in [1.165, 1.54) is 5.56 Å². The second kappa shape index (κ2) is 7.59. The van der Waals surface area contributed by atoms with Crippen LogP contribution in [0, 0.1) is 5.92 Å². The molecule has 5 nitrogen and oxygen atoms in total. The van der Waals surface area contributed by atoms with Gasteiger partial charge in [0, 0.05) is 17.5 Å². The van der Waals surface area contributed by atoms with Crippen LogP contribution in [-0.2, 0) is 21.2 Å². The number of unbranched alkanes of at least 4 members (excludes halogenated alkanes) is 1. The van der Waals surface area contributed by atoms with Gasteiger partial charge in [0.1, 0.15) is 0 Å². The van der Waals surface area contributed by atoms with Gasteiger partial charge in [-0.3, -0.25) is 4.98 Å². The van der Waals surface area contributed by atoms with Crippen LogP contribution in [0.2, 0.25) is 0 Å². The van der Waals surface area contributed by atoms with Gasteiger partial charge in [-0.1, -0.05) is 31.5 Å². The van der Waals surface area contributed by atoms with Gasteiger partial charge < -0.3 is 4.74 Å². The molecule has 1 N–H and O–H groups in total. The van der Waals surface area contributed by atoms with Crippen LogP contribution in [-0.4, -0.2) is 38.4 Å². The second-order valence-electron chi connectivity index (χ2n) is 6.39. The van der Waals surface area contributed by atoms with Crippen molar-refractivity contribution in [1.82, 2.24) is 9.71 Å². The lowest BCUT2D eigenvalue weighted by Crippen LogP contribution is -2.41. The highest BCUT2D eigenvalue weighted by molar-refractivity contribution is 7.89. The van der Waals surface area contributed by atoms with Crippen LogP contribution >= 0.6 is 0 Å². The van der Waals surface area contributed by atoms with E-state index in [-0.39, 0.29) is 17.7 Å². The monoisotopic (exact) mass is 348 g/mol. The molecule has 0 saturated carbocycles. The van der Waals surface area contributed by atoms with Crippen molar-refractivity contribution < 1.29 is 13.2 Å². The first kappa shape index (κ1) is 17.3. The van der Waals surface area contributed by atoms with Crippen LogP contribution in [0.25, 0.3) is 10.9 Å². The Morgan fingerprint density at radius 1 is 1.25 bits per heavy atom. The zero-order valence-electron chi connectivity index (χ0n) is 13.9. The molecule has 1 aliphatic heterocycles. The first-order valence-corrected chi connectivity index (χ1v) is 10.1. The smallest absolute Gasteiger partial charge is 0.211 e. The van der Waals surface area contributed by atoms with Gasteiger partial charge in [0.15, 0.2) is 0 Å². The summed E-state index contributed by atoms with van der Waals surface area (Å²) in [6, 6.07) is 9.90. The lowest BCUT2D eigenvalue weighted by atomic mass is 9.93. The van der Waals surface area contributed by atoms with Gasteiger partial charge >= 0.3 is 0 Å². The molecule has 2 atom stereocenters. The van der Waals surface area contributed by atoms with Crippen LogP contribution in [0.1, 0.15) is 25.3 Å². The molecule has 2 heterocycles. The number of sulfonamides is 1. The number of hydrogen-bond donors (Lipinski definition) is 1. The number of fused-ring (bicyclic) bond motifs is 1. The van der Waals surface area contributed by atoms with Crippen LogP contribution in [0.5, 0.6) is 0 Å². The number of hydrogen-bond acceptors (Lipinski definition) is 4. The molecule has 0 amide bonds. The number of nitrogens with zero attached hydrogens (tertiary/aromatic N) is 1. The summed E-state index contributed by atoms with van der Waals surface area (Å²) in [4.78, 5) is 4.39. The maximum Gasteiger partial charge on any atom is 0.211 e. The molecule has 1 aliphatic rings. The summed E-state index contributed by atoms with van der Waals surface area (Å²) in [5, 5.41) is 1.12. The lowest BCUT2D eigenvalue weighted by Gasteiger charge is -2.19. The summed E-state index contributed by atoms with van der Waals surface area (Å²) in [5.74, 6) is 0.331. The average molecular weight is 348 g/mol. The molecule has 0 bridgehead atoms. The summed E-state index contributed by atoms with van der Waals surface area (Å²) in [6.45, 7) is 3.02. The van der Waals surface area contributed by atoms with Crippen molar-refractivity contribution in [2.24, 2.45) is 5.92 Å². The third-order valence-corrected chi connectivity index (χ3v) is 6.01. The van der Waals surface area contributed by atoms with E-state index in [0.717, 1.165) is 23.7 Å². The van der Waals surface area contributed by atoms with Crippen LogP contribution < -0.4 is 4.72 Å². The first-order chi connectivity index (χ1) is 11.6. The number of aromatic nitrogens is 1. The lowest BCUT2D eigenvalue weighted by molar-refractivity contribution is 0.183. The van der Waals surface area contributed by atoms with Gasteiger partial charge in [0.2, 0.25) is 10.0 Å². The summed E-state index contributed by atoms with van der Waals surface area (Å²) in [7, 11) is -3.24. The predicted molar refractivity (Wildman–Crippen MR) is 95.4 cm³/mol. The molecule has 3 rings (SSSR count). The normalized spacial score (nSPS) is 21.4. The molecule has 1 saturated heterocycles. The molecular weight excluding hydrogens is 324 g/mol. The van der Waals surface area contributed by atoms with E-state index in [1.54, 1.807) is 0 Å². The highest BCUT2D eigenvalue weighted by atomic mass is 32.2. The molecule has 1 aromatic carbocycles. The summed E-state index contributed by atoms with van der Waals surface area (Å²) < 4.78 is 32.8. The Morgan fingerprint density at radius 3 is 2.92 bits per heavy atom. The van der Waals surface area contributed by atoms with Gasteiger partial charge in [-0.15, -0.1) is 0 Å². The minimum atomic E-state index is -3.24. The number of nitrogens with one attached hydrogen (secondary N) is 1. The van der Waals surface area contributed by atoms with E-state index >= 15 is 0 Å². The van der Waals surface area contributed by atoms with Gasteiger partial charge in [0.05, 0.1) is 30.5 Å². The summed E-state index contributed by atoms with van der Waals surface area (Å²) in [6.07, 6.45) is 4.15. The Labute approximate surface area is 143 Å². The standard InChI is InChI=1S/C18H24N2O3S/c1-2-3-10-24(21,22)20-18-13-23-12-15(18)11-14-8-9-19-17-7-5-4-6-16(14)17/h4-9,15,18,20H,2-3,10-13H2,1H3/t15-,18-/m1/s1. The quantitative estimate of drug-likeness (QED) is 0.835. The van der Waals surface area contributed by atoms with Crippen molar-refractivity contribution in [3.63, 3.8) is 0 Å². The van der Waals surface area contributed by atoms with Crippen molar-refractivity contribution in [3.8, 4) is 0 Å². The molecule has 0 spiro atoms. The van der Waals surface area contributed by atoms with Crippen molar-refractivity contribution in [1.29, 1.82) is 0 Å². The average Bonchev–Trinajstić information content (AvgIpc) is 2.99. The fourth-order valence-corrected chi connectivity index (χ4v) is 4.68. The SMILES string of the molecule is CCCCS(=O)(=O)N[C@@H]1COC[C@H]1Cc1ccnc2ccccc12. The minimum Gasteiger partial charge on any atom is -0.379 e. The Hall–Kier alpha value is -1.50. The number of benzene rings is 1. The highest BCUT2D eigenvalue weighted by Gasteiger charge is 2.31. The van der Waals surface area contributed by atoms with E-state index in [0.29, 0.717) is 19.6 Å². The first-order valence-electron chi connectivity index (χ1n) is 8.49. The topological polar surface area (TPSA) is 68.3 Å². The second-order valence-corrected chi connectivity index (χ2v) is 8.26. The number of rotatable bonds is 7. The van der Waals surface area contributed by atoms with E-state index in [4.69, 9.17) is 4.74 Å². The molecule has 1 fully saturated rings. The Balaban J connectivity index is 1.74. The minimum absolute atomic E-state index is 0.146. The molecule has 1 aromatic heterocycles. The zero-order chi connectivity index (χ0) is 17.0. The molecule has 6 heteroatoms. The van der Waals surface area contributed by atoms with E-state index in [9.17, 15) is 8.42 Å². The molecule has 2 aromatic rings. The van der Waals surface area contributed by atoms with Crippen LogP contribution in [0.15, 0.2) is 36.5 Å². The van der Waals surface area contributed by atoms with Crippen molar-refractivity contribution >= 4 is 20.9 Å². The number of ether oxygens (including phenoxy) is 1. The maximum absolute atomic E-state index is 12.2. The van der Waals surface area contributed by atoms with E-state index in [1.807, 2.05) is 37.4 Å². The third kappa shape index (κ3) is 4.12. The van der Waals surface area contributed by atoms with Gasteiger partial charge in [-0.25, -0.2) is 13.1 Å².